The van der Waals surface area contributed by atoms with Crippen molar-refractivity contribution in [2.75, 3.05) is 20.2 Å². The standard InChI is InChI=1S/C23H26N4O2/c1-29-21-17-27(20-7-3-2-4-8-20)25-22(21)23(28)24-15-18-9-11-19(12-10-18)16-26-13-5-6-14-26/h2-4,7-12,17H,5-6,13-16H2,1H3,(H,24,28). The summed E-state index contributed by atoms with van der Waals surface area (Å²) in [5.74, 6) is 0.199. The number of rotatable bonds is 7. The average Bonchev–Trinajstić information content (AvgIpc) is 3.43. The number of carbonyl (C=O) groups excluding carboxylic acids is 1. The lowest BCUT2D eigenvalue weighted by atomic mass is 10.1. The van der Waals surface area contributed by atoms with Crippen LogP contribution in [0.4, 0.5) is 0 Å². The van der Waals surface area contributed by atoms with Gasteiger partial charge in [-0.05, 0) is 49.2 Å². The first-order chi connectivity index (χ1) is 14.2. The van der Waals surface area contributed by atoms with E-state index in [1.165, 1.54) is 31.5 Å². The van der Waals surface area contributed by atoms with E-state index in [1.807, 2.05) is 30.3 Å². The van der Waals surface area contributed by atoms with Gasteiger partial charge in [0.05, 0.1) is 19.0 Å². The average molecular weight is 390 g/mol. The maximum atomic E-state index is 12.7. The van der Waals surface area contributed by atoms with Crippen molar-refractivity contribution in [3.05, 3.63) is 77.6 Å². The molecule has 150 valence electrons. The molecule has 1 amide bonds. The van der Waals surface area contributed by atoms with Crippen LogP contribution in [0.2, 0.25) is 0 Å². The Bertz CT molecular complexity index is 945. The van der Waals surface area contributed by atoms with Crippen LogP contribution in [0.25, 0.3) is 5.69 Å². The van der Waals surface area contributed by atoms with Gasteiger partial charge in [-0.15, -0.1) is 0 Å². The second-order valence-corrected chi connectivity index (χ2v) is 7.31. The lowest BCUT2D eigenvalue weighted by molar-refractivity contribution is 0.0942. The van der Waals surface area contributed by atoms with Crippen LogP contribution in [0.1, 0.15) is 34.5 Å². The molecule has 4 rings (SSSR count). The summed E-state index contributed by atoms with van der Waals surface area (Å²) in [5, 5.41) is 7.35. The molecule has 1 aliphatic rings. The molecule has 1 aliphatic heterocycles. The number of nitrogens with one attached hydrogen (secondary N) is 1. The quantitative estimate of drug-likeness (QED) is 0.672. The highest BCUT2D eigenvalue weighted by atomic mass is 16.5. The van der Waals surface area contributed by atoms with E-state index < -0.39 is 0 Å². The first-order valence-corrected chi connectivity index (χ1v) is 10.0. The van der Waals surface area contributed by atoms with Crippen LogP contribution >= 0.6 is 0 Å². The molecule has 1 N–H and O–H groups in total. The molecule has 0 unspecified atom stereocenters. The predicted octanol–water partition coefficient (Wildman–Crippen LogP) is 3.41. The fraction of sp³-hybridized carbons (Fsp3) is 0.304. The molecule has 0 radical (unpaired) electrons. The number of aromatic nitrogens is 2. The molecule has 1 aromatic heterocycles. The van der Waals surface area contributed by atoms with Crippen LogP contribution in [0, 0.1) is 0 Å². The number of hydrogen-bond donors (Lipinski definition) is 1. The highest BCUT2D eigenvalue weighted by Gasteiger charge is 2.18. The summed E-state index contributed by atoms with van der Waals surface area (Å²) >= 11 is 0. The molecule has 1 saturated heterocycles. The molecule has 29 heavy (non-hydrogen) atoms. The second-order valence-electron chi connectivity index (χ2n) is 7.31. The molecule has 2 heterocycles. The van der Waals surface area contributed by atoms with Gasteiger partial charge >= 0.3 is 0 Å². The van der Waals surface area contributed by atoms with E-state index in [4.69, 9.17) is 4.74 Å². The van der Waals surface area contributed by atoms with Crippen molar-refractivity contribution in [2.45, 2.75) is 25.9 Å². The smallest absolute Gasteiger partial charge is 0.275 e. The van der Waals surface area contributed by atoms with E-state index in [-0.39, 0.29) is 11.6 Å². The van der Waals surface area contributed by atoms with Gasteiger partial charge in [-0.2, -0.15) is 5.10 Å². The number of likely N-dealkylation sites (tertiary alicyclic amines) is 1. The number of carbonyl (C=O) groups is 1. The third kappa shape index (κ3) is 4.66. The Hall–Kier alpha value is -3.12. The largest absolute Gasteiger partial charge is 0.493 e. The third-order valence-electron chi connectivity index (χ3n) is 5.22. The SMILES string of the molecule is COc1cn(-c2ccccc2)nc1C(=O)NCc1ccc(CN2CCCC2)cc1. The van der Waals surface area contributed by atoms with Crippen molar-refractivity contribution in [2.24, 2.45) is 0 Å². The van der Waals surface area contributed by atoms with E-state index in [2.05, 4.69) is 39.6 Å². The lowest BCUT2D eigenvalue weighted by Crippen LogP contribution is -2.24. The Morgan fingerprint density at radius 1 is 1.03 bits per heavy atom. The van der Waals surface area contributed by atoms with Gasteiger partial charge in [0.2, 0.25) is 0 Å². The van der Waals surface area contributed by atoms with Crippen LogP contribution in [0.5, 0.6) is 5.75 Å². The van der Waals surface area contributed by atoms with Crippen LogP contribution in [-0.4, -0.2) is 40.8 Å². The minimum Gasteiger partial charge on any atom is -0.493 e. The number of methoxy groups -OCH3 is 1. The molecule has 6 nitrogen and oxygen atoms in total. The summed E-state index contributed by atoms with van der Waals surface area (Å²) in [4.78, 5) is 15.1. The molecule has 0 saturated carbocycles. The Labute approximate surface area is 171 Å². The highest BCUT2D eigenvalue weighted by molar-refractivity contribution is 5.94. The molecule has 0 bridgehead atoms. The topological polar surface area (TPSA) is 59.4 Å². The Morgan fingerprint density at radius 3 is 2.41 bits per heavy atom. The van der Waals surface area contributed by atoms with Gasteiger partial charge in [-0.25, -0.2) is 4.68 Å². The summed E-state index contributed by atoms with van der Waals surface area (Å²) in [5.41, 5.74) is 3.52. The predicted molar refractivity (Wildman–Crippen MR) is 112 cm³/mol. The number of para-hydroxylation sites is 1. The number of nitrogens with zero attached hydrogens (tertiary/aromatic N) is 3. The van der Waals surface area contributed by atoms with E-state index >= 15 is 0 Å². The van der Waals surface area contributed by atoms with Gasteiger partial charge in [0.15, 0.2) is 11.4 Å². The zero-order chi connectivity index (χ0) is 20.1. The Morgan fingerprint density at radius 2 is 1.72 bits per heavy atom. The maximum Gasteiger partial charge on any atom is 0.275 e. The fourth-order valence-corrected chi connectivity index (χ4v) is 3.61. The maximum absolute atomic E-state index is 12.7. The van der Waals surface area contributed by atoms with Gasteiger partial charge in [-0.3, -0.25) is 9.69 Å². The highest BCUT2D eigenvalue weighted by Crippen LogP contribution is 2.19. The van der Waals surface area contributed by atoms with Gasteiger partial charge in [0, 0.05) is 13.1 Å². The van der Waals surface area contributed by atoms with E-state index in [0.29, 0.717) is 12.3 Å². The van der Waals surface area contributed by atoms with Crippen LogP contribution in [-0.2, 0) is 13.1 Å². The number of ether oxygens (including phenoxy) is 1. The fourth-order valence-electron chi connectivity index (χ4n) is 3.61. The van der Waals surface area contributed by atoms with Gasteiger partial charge in [-0.1, -0.05) is 42.5 Å². The summed E-state index contributed by atoms with van der Waals surface area (Å²) in [6, 6.07) is 18.1. The monoisotopic (exact) mass is 390 g/mol. The van der Waals surface area contributed by atoms with Crippen LogP contribution < -0.4 is 10.1 Å². The van der Waals surface area contributed by atoms with Gasteiger partial charge in [0.25, 0.3) is 5.91 Å². The third-order valence-corrected chi connectivity index (χ3v) is 5.22. The van der Waals surface area contributed by atoms with Crippen molar-refractivity contribution in [3.8, 4) is 11.4 Å². The van der Waals surface area contributed by atoms with Crippen molar-refractivity contribution < 1.29 is 9.53 Å². The van der Waals surface area contributed by atoms with Crippen molar-refractivity contribution in [1.82, 2.24) is 20.0 Å². The molecule has 6 heteroatoms. The van der Waals surface area contributed by atoms with Crippen molar-refractivity contribution in [3.63, 3.8) is 0 Å². The van der Waals surface area contributed by atoms with Crippen molar-refractivity contribution in [1.29, 1.82) is 0 Å². The minimum absolute atomic E-state index is 0.252. The summed E-state index contributed by atoms with van der Waals surface area (Å²) in [6.45, 7) is 3.83. The van der Waals surface area contributed by atoms with Crippen LogP contribution in [0.15, 0.2) is 60.8 Å². The molecule has 0 spiro atoms. The molecule has 0 aliphatic carbocycles. The van der Waals surface area contributed by atoms with E-state index in [1.54, 1.807) is 18.0 Å². The number of amides is 1. The van der Waals surface area contributed by atoms with Crippen LogP contribution in [0.3, 0.4) is 0 Å². The normalized spacial score (nSPS) is 14.1. The van der Waals surface area contributed by atoms with Gasteiger partial charge in [0.1, 0.15) is 0 Å². The van der Waals surface area contributed by atoms with E-state index in [0.717, 1.165) is 17.8 Å². The summed E-state index contributed by atoms with van der Waals surface area (Å²) in [6.07, 6.45) is 4.32. The van der Waals surface area contributed by atoms with Crippen molar-refractivity contribution >= 4 is 5.91 Å². The first-order valence-electron chi connectivity index (χ1n) is 10.0. The molecular weight excluding hydrogens is 364 g/mol. The molecule has 3 aromatic rings. The second kappa shape index (κ2) is 8.92. The zero-order valence-electron chi connectivity index (χ0n) is 16.7. The lowest BCUT2D eigenvalue weighted by Gasteiger charge is -2.14. The minimum atomic E-state index is -0.252. The molecule has 1 fully saturated rings. The zero-order valence-corrected chi connectivity index (χ0v) is 16.7. The summed E-state index contributed by atoms with van der Waals surface area (Å²) in [7, 11) is 1.54. The Kier molecular flexibility index (Phi) is 5.91. The van der Waals surface area contributed by atoms with E-state index in [9.17, 15) is 4.79 Å². The molecular formula is C23H26N4O2. The number of benzene rings is 2. The van der Waals surface area contributed by atoms with Gasteiger partial charge < -0.3 is 10.1 Å². The molecule has 0 atom stereocenters. The summed E-state index contributed by atoms with van der Waals surface area (Å²) < 4.78 is 7.00. The molecule has 2 aromatic carbocycles. The number of hydrogen-bond acceptors (Lipinski definition) is 4. The first kappa shape index (κ1) is 19.2. The Balaban J connectivity index is 1.38.